The topological polar surface area (TPSA) is 72.3 Å². The smallest absolute Gasteiger partial charge is 0.263 e. The van der Waals surface area contributed by atoms with Crippen LogP contribution in [0.2, 0.25) is 0 Å². The van der Waals surface area contributed by atoms with E-state index in [2.05, 4.69) is 0 Å². The minimum atomic E-state index is -3.19. The van der Waals surface area contributed by atoms with Crippen LogP contribution >= 0.6 is 23.1 Å². The molecule has 0 amide bonds. The van der Waals surface area contributed by atoms with E-state index in [-0.39, 0.29) is 11.6 Å². The van der Waals surface area contributed by atoms with Gasteiger partial charge >= 0.3 is 0 Å². The Morgan fingerprint density at radius 2 is 1.93 bits per heavy atom. The molecule has 0 saturated heterocycles. The molecule has 0 aromatic carbocycles. The summed E-state index contributed by atoms with van der Waals surface area (Å²) in [6.07, 6.45) is 9.95. The number of sulfonamides is 1. The Balaban J connectivity index is 1.72. The maximum Gasteiger partial charge on any atom is 0.263 e. The predicted molar refractivity (Wildman–Crippen MR) is 116 cm³/mol. The first-order valence-electron chi connectivity index (χ1n) is 9.97. The fourth-order valence-corrected chi connectivity index (χ4v) is 7.14. The van der Waals surface area contributed by atoms with Crippen molar-refractivity contribution in [3.63, 3.8) is 0 Å². The van der Waals surface area contributed by atoms with Gasteiger partial charge in [-0.25, -0.2) is 17.7 Å². The molecular formula is C19H27N3O3S3. The second-order valence-corrected chi connectivity index (χ2v) is 12.1. The van der Waals surface area contributed by atoms with Crippen molar-refractivity contribution in [3.05, 3.63) is 20.8 Å². The molecule has 0 aliphatic heterocycles. The number of fused-ring (bicyclic) bond motifs is 3. The highest BCUT2D eigenvalue weighted by Gasteiger charge is 2.27. The molecule has 0 radical (unpaired) electrons. The summed E-state index contributed by atoms with van der Waals surface area (Å²) >= 11 is 3.18. The monoisotopic (exact) mass is 441 g/mol. The number of nitrogens with zero attached hydrogens (tertiary/aromatic N) is 3. The highest BCUT2D eigenvalue weighted by molar-refractivity contribution is 7.99. The molecule has 154 valence electrons. The predicted octanol–water partition coefficient (Wildman–Crippen LogP) is 3.44. The standard InChI is InChI=1S/C19H27N3O3S3/c1-21(28(2,24)25)11-12-26-19-20-17-16(14-9-5-6-10-15(14)27-17)18(23)22(19)13-7-3-4-8-13/h13H,3-12H2,1-2H3. The van der Waals surface area contributed by atoms with E-state index in [0.717, 1.165) is 60.3 Å². The Morgan fingerprint density at radius 1 is 1.21 bits per heavy atom. The van der Waals surface area contributed by atoms with E-state index < -0.39 is 10.0 Å². The van der Waals surface area contributed by atoms with Crippen LogP contribution in [0.5, 0.6) is 0 Å². The number of rotatable bonds is 6. The van der Waals surface area contributed by atoms with Crippen molar-refractivity contribution in [2.75, 3.05) is 25.6 Å². The number of thioether (sulfide) groups is 1. The maximum atomic E-state index is 13.5. The van der Waals surface area contributed by atoms with Gasteiger partial charge in [0.25, 0.3) is 5.56 Å². The lowest BCUT2D eigenvalue weighted by molar-refractivity contribution is 0.457. The summed E-state index contributed by atoms with van der Waals surface area (Å²) in [5, 5.41) is 1.61. The molecule has 1 fully saturated rings. The lowest BCUT2D eigenvalue weighted by Gasteiger charge is -2.19. The van der Waals surface area contributed by atoms with E-state index in [1.54, 1.807) is 18.4 Å². The fraction of sp³-hybridized carbons (Fsp3) is 0.684. The molecule has 2 aromatic heterocycles. The van der Waals surface area contributed by atoms with Gasteiger partial charge in [-0.1, -0.05) is 24.6 Å². The molecule has 6 nitrogen and oxygen atoms in total. The molecular weight excluding hydrogens is 414 g/mol. The number of hydrogen-bond acceptors (Lipinski definition) is 6. The highest BCUT2D eigenvalue weighted by Crippen LogP contribution is 2.37. The summed E-state index contributed by atoms with van der Waals surface area (Å²) in [6, 6.07) is 0.221. The number of hydrogen-bond donors (Lipinski definition) is 0. The molecule has 0 bridgehead atoms. The van der Waals surface area contributed by atoms with E-state index in [1.165, 1.54) is 39.2 Å². The maximum absolute atomic E-state index is 13.5. The van der Waals surface area contributed by atoms with Crippen LogP contribution in [0.25, 0.3) is 10.2 Å². The van der Waals surface area contributed by atoms with Crippen molar-refractivity contribution in [2.45, 2.75) is 62.6 Å². The fourth-order valence-electron chi connectivity index (χ4n) is 4.22. The van der Waals surface area contributed by atoms with Crippen molar-refractivity contribution in [3.8, 4) is 0 Å². The molecule has 2 aliphatic carbocycles. The van der Waals surface area contributed by atoms with Gasteiger partial charge in [-0.3, -0.25) is 9.36 Å². The van der Waals surface area contributed by atoms with E-state index in [4.69, 9.17) is 4.98 Å². The summed E-state index contributed by atoms with van der Waals surface area (Å²) in [5.74, 6) is 0.583. The molecule has 2 aromatic rings. The molecule has 28 heavy (non-hydrogen) atoms. The molecule has 0 N–H and O–H groups in total. The Bertz CT molecular complexity index is 1040. The third-order valence-electron chi connectivity index (χ3n) is 5.88. The van der Waals surface area contributed by atoms with Gasteiger partial charge < -0.3 is 0 Å². The first kappa shape index (κ1) is 20.4. The second-order valence-electron chi connectivity index (χ2n) is 7.83. The van der Waals surface area contributed by atoms with Gasteiger partial charge in [-0.05, 0) is 44.1 Å². The summed E-state index contributed by atoms with van der Waals surface area (Å²) in [5.41, 5.74) is 1.36. The third-order valence-corrected chi connectivity index (χ3v) is 9.32. The minimum Gasteiger partial charge on any atom is -0.284 e. The average molecular weight is 442 g/mol. The van der Waals surface area contributed by atoms with Gasteiger partial charge in [0, 0.05) is 30.3 Å². The summed E-state index contributed by atoms with van der Waals surface area (Å²) in [7, 11) is -1.61. The van der Waals surface area contributed by atoms with Crippen molar-refractivity contribution in [1.82, 2.24) is 13.9 Å². The van der Waals surface area contributed by atoms with Gasteiger partial charge in [0.2, 0.25) is 10.0 Å². The third kappa shape index (κ3) is 3.91. The normalized spacial score (nSPS) is 18.2. The van der Waals surface area contributed by atoms with Crippen molar-refractivity contribution in [1.29, 1.82) is 0 Å². The lowest BCUT2D eigenvalue weighted by atomic mass is 9.97. The SMILES string of the molecule is CN(CCSc1nc2sc3c(c2c(=O)n1C1CCCC1)CCCC3)S(C)(=O)=O. The minimum absolute atomic E-state index is 0.121. The molecule has 0 unspecified atom stereocenters. The Morgan fingerprint density at radius 3 is 2.64 bits per heavy atom. The van der Waals surface area contributed by atoms with Crippen LogP contribution in [0.4, 0.5) is 0 Å². The zero-order valence-corrected chi connectivity index (χ0v) is 18.9. The summed E-state index contributed by atoms with van der Waals surface area (Å²) in [6.45, 7) is 0.406. The van der Waals surface area contributed by atoms with Gasteiger partial charge in [-0.2, -0.15) is 0 Å². The first-order chi connectivity index (χ1) is 13.4. The van der Waals surface area contributed by atoms with Crippen LogP contribution in [0.1, 0.15) is 55.0 Å². The van der Waals surface area contributed by atoms with Crippen molar-refractivity contribution >= 4 is 43.3 Å². The molecule has 9 heteroatoms. The van der Waals surface area contributed by atoms with E-state index in [0.29, 0.717) is 12.3 Å². The second kappa shape index (κ2) is 8.08. The van der Waals surface area contributed by atoms with Gasteiger partial charge in [0.05, 0.1) is 11.6 Å². The van der Waals surface area contributed by atoms with Crippen LogP contribution in [0.3, 0.4) is 0 Å². The molecule has 1 saturated carbocycles. The molecule has 4 rings (SSSR count). The number of aromatic nitrogens is 2. The van der Waals surface area contributed by atoms with Gasteiger partial charge in [0.15, 0.2) is 5.16 Å². The number of thiophene rings is 1. The van der Waals surface area contributed by atoms with Crippen LogP contribution in [-0.4, -0.2) is 47.9 Å². The Hall–Kier alpha value is -0.900. The largest absolute Gasteiger partial charge is 0.284 e. The van der Waals surface area contributed by atoms with Crippen LogP contribution < -0.4 is 5.56 Å². The van der Waals surface area contributed by atoms with Gasteiger partial charge in [0.1, 0.15) is 4.83 Å². The zero-order valence-electron chi connectivity index (χ0n) is 16.4. The Labute approximate surface area is 174 Å². The van der Waals surface area contributed by atoms with Gasteiger partial charge in [-0.15, -0.1) is 11.3 Å². The summed E-state index contributed by atoms with van der Waals surface area (Å²) in [4.78, 5) is 20.7. The van der Waals surface area contributed by atoms with Crippen molar-refractivity contribution < 1.29 is 8.42 Å². The molecule has 2 aliphatic rings. The molecule has 2 heterocycles. The van der Waals surface area contributed by atoms with E-state index in [1.807, 2.05) is 4.57 Å². The van der Waals surface area contributed by atoms with Crippen LogP contribution in [-0.2, 0) is 22.9 Å². The van der Waals surface area contributed by atoms with E-state index in [9.17, 15) is 13.2 Å². The number of aryl methyl sites for hydroxylation is 2. The quantitative estimate of drug-likeness (QED) is 0.507. The average Bonchev–Trinajstić information content (AvgIpc) is 3.28. The van der Waals surface area contributed by atoms with Crippen LogP contribution in [0.15, 0.2) is 9.95 Å². The zero-order chi connectivity index (χ0) is 19.9. The molecule has 0 spiro atoms. The molecule has 0 atom stereocenters. The van der Waals surface area contributed by atoms with Crippen LogP contribution in [0, 0.1) is 0 Å². The first-order valence-corrected chi connectivity index (χ1v) is 13.6. The lowest BCUT2D eigenvalue weighted by Crippen LogP contribution is -2.29. The highest BCUT2D eigenvalue weighted by atomic mass is 32.2. The van der Waals surface area contributed by atoms with Crippen molar-refractivity contribution in [2.24, 2.45) is 0 Å². The summed E-state index contributed by atoms with van der Waals surface area (Å²) < 4.78 is 26.6. The van der Waals surface area contributed by atoms with E-state index >= 15 is 0 Å². The Kier molecular flexibility index (Phi) is 5.88.